The predicted molar refractivity (Wildman–Crippen MR) is 305 cm³/mol. The number of hydrogen-bond acceptors (Lipinski definition) is 4. The lowest BCUT2D eigenvalue weighted by molar-refractivity contribution is 0.589. The number of furan rings is 1. The lowest BCUT2D eigenvalue weighted by atomic mass is 9.33. The molecule has 8 aromatic carbocycles. The zero-order valence-electron chi connectivity index (χ0n) is 43.6. The maximum Gasteiger partial charge on any atom is 0.257 e. The van der Waals surface area contributed by atoms with Gasteiger partial charge in [0.1, 0.15) is 5.58 Å². The highest BCUT2D eigenvalue weighted by atomic mass is 16.4. The number of nitrogens with zero attached hydrogens (tertiary/aromatic N) is 3. The Hall–Kier alpha value is -7.24. The van der Waals surface area contributed by atoms with Crippen LogP contribution in [0.5, 0.6) is 0 Å². The molecule has 5 heteroatoms. The first kappa shape index (κ1) is 46.2. The van der Waals surface area contributed by atoms with Crippen LogP contribution in [0.25, 0.3) is 22.1 Å². The predicted octanol–water partition coefficient (Wildman–Crippen LogP) is 16.8. The zero-order chi connectivity index (χ0) is 49.8. The summed E-state index contributed by atoms with van der Waals surface area (Å²) in [5, 5.41) is 1.16. The zero-order valence-corrected chi connectivity index (χ0v) is 43.6. The number of benzene rings is 8. The Kier molecular flexibility index (Phi) is 10.9. The van der Waals surface area contributed by atoms with Crippen molar-refractivity contribution in [3.63, 3.8) is 0 Å². The summed E-state index contributed by atoms with van der Waals surface area (Å²) in [5.74, 6) is 0.862. The van der Waals surface area contributed by atoms with Gasteiger partial charge in [-0.1, -0.05) is 186 Å². The summed E-state index contributed by atoms with van der Waals surface area (Å²) >= 11 is 0. The third kappa shape index (κ3) is 8.04. The van der Waals surface area contributed by atoms with Crippen LogP contribution in [0.4, 0.5) is 51.4 Å². The SMILES string of the molecule is CC(C)(C)c1ccc(N2c3cc(N(c4ccccc4)c4ccccc4)cc4c3B(c3cc(C(C)(C)C)ccc3N4c3ccc(C(C)(C)C)cc3-c3ccccc3)c3c2oc2ccc(C(C)(C)C)cc32)cc1. The molecule has 0 fully saturated rings. The average Bonchev–Trinajstić information content (AvgIpc) is 3.72. The van der Waals surface area contributed by atoms with Crippen LogP contribution in [-0.4, -0.2) is 6.71 Å². The van der Waals surface area contributed by atoms with Crippen LogP contribution in [0, 0.1) is 0 Å². The number of anilines is 9. The molecule has 4 nitrogen and oxygen atoms in total. The summed E-state index contributed by atoms with van der Waals surface area (Å²) in [6.45, 7) is 27.6. The van der Waals surface area contributed by atoms with Crippen LogP contribution in [0.1, 0.15) is 105 Å². The monoisotopic (exact) mass is 928 g/mol. The maximum absolute atomic E-state index is 7.39. The lowest BCUT2D eigenvalue weighted by Gasteiger charge is -2.44. The lowest BCUT2D eigenvalue weighted by Crippen LogP contribution is -2.61. The van der Waals surface area contributed by atoms with Gasteiger partial charge in [0.2, 0.25) is 5.88 Å². The molecule has 1 aromatic heterocycles. The molecule has 0 saturated carbocycles. The highest BCUT2D eigenvalue weighted by Gasteiger charge is 2.47. The molecule has 3 heterocycles. The van der Waals surface area contributed by atoms with E-state index in [0.717, 1.165) is 56.7 Å². The van der Waals surface area contributed by atoms with E-state index >= 15 is 0 Å². The molecular formula is C66H66BN3O. The van der Waals surface area contributed by atoms with Gasteiger partial charge in [-0.15, -0.1) is 0 Å². The normalized spacial score (nSPS) is 13.5. The Labute approximate surface area is 422 Å². The van der Waals surface area contributed by atoms with Crippen molar-refractivity contribution in [2.24, 2.45) is 0 Å². The fourth-order valence-electron chi connectivity index (χ4n) is 10.8. The molecule has 0 spiro atoms. The standard InChI is InChI=1S/C66H66BN3O/c1-63(2,3)44-28-33-50(34-29-44)69-57-41-51(68(48-24-18-14-19-25-48)49-26-20-15-21-27-49)42-58-61(57)67(60-53-39-46(65(7,8)9)32-37-59(53)71-62(60)69)54-40-47(66(10,11)12)31-36-56(54)70(58)55-35-30-45(64(4,5)6)38-52(55)43-22-16-13-17-23-43/h13-42H,1-12H3. The maximum atomic E-state index is 7.39. The molecule has 0 atom stereocenters. The molecule has 9 aromatic rings. The van der Waals surface area contributed by atoms with Crippen LogP contribution >= 0.6 is 0 Å². The highest BCUT2D eigenvalue weighted by Crippen LogP contribution is 2.51. The van der Waals surface area contributed by atoms with E-state index in [-0.39, 0.29) is 28.4 Å². The molecule has 0 unspecified atom stereocenters. The second-order valence-electron chi connectivity index (χ2n) is 24.0. The van der Waals surface area contributed by atoms with Gasteiger partial charge in [-0.2, -0.15) is 0 Å². The Morgan fingerprint density at radius 1 is 0.394 bits per heavy atom. The van der Waals surface area contributed by atoms with E-state index in [1.54, 1.807) is 0 Å². The van der Waals surface area contributed by atoms with Crippen LogP contribution in [0.15, 0.2) is 186 Å². The van der Waals surface area contributed by atoms with E-state index in [1.807, 2.05) is 0 Å². The summed E-state index contributed by atoms with van der Waals surface area (Å²) in [6.07, 6.45) is 0. The van der Waals surface area contributed by atoms with Crippen molar-refractivity contribution in [2.45, 2.75) is 105 Å². The quantitative estimate of drug-likeness (QED) is 0.155. The van der Waals surface area contributed by atoms with Crippen LogP contribution < -0.4 is 31.1 Å². The molecule has 0 bridgehead atoms. The molecule has 2 aliphatic rings. The topological polar surface area (TPSA) is 22.9 Å². The van der Waals surface area contributed by atoms with E-state index in [4.69, 9.17) is 4.42 Å². The van der Waals surface area contributed by atoms with Gasteiger partial charge in [-0.05, 0) is 139 Å². The summed E-state index contributed by atoms with van der Waals surface area (Å²) in [6, 6.07) is 68.0. The number of hydrogen-bond donors (Lipinski definition) is 0. The van der Waals surface area contributed by atoms with E-state index in [9.17, 15) is 0 Å². The average molecular weight is 928 g/mol. The van der Waals surface area contributed by atoms with Crippen molar-refractivity contribution < 1.29 is 4.42 Å². The minimum atomic E-state index is -0.157. The van der Waals surface area contributed by atoms with Gasteiger partial charge in [0, 0.05) is 50.5 Å². The second kappa shape index (κ2) is 16.7. The van der Waals surface area contributed by atoms with E-state index < -0.39 is 0 Å². The Morgan fingerprint density at radius 2 is 0.873 bits per heavy atom. The van der Waals surface area contributed by atoms with Crippen molar-refractivity contribution in [3.8, 4) is 11.1 Å². The smallest absolute Gasteiger partial charge is 0.257 e. The van der Waals surface area contributed by atoms with Gasteiger partial charge >= 0.3 is 0 Å². The molecule has 11 rings (SSSR count). The van der Waals surface area contributed by atoms with E-state index in [2.05, 4.69) is 280 Å². The Bertz CT molecular complexity index is 3420. The second-order valence-corrected chi connectivity index (χ2v) is 24.0. The molecule has 354 valence electrons. The van der Waals surface area contributed by atoms with Crippen molar-refractivity contribution >= 4 is 85.5 Å². The van der Waals surface area contributed by atoms with Gasteiger partial charge in [-0.3, -0.25) is 4.90 Å². The summed E-state index contributed by atoms with van der Waals surface area (Å²) in [4.78, 5) is 7.44. The fraction of sp³-hybridized carbons (Fsp3) is 0.242. The minimum Gasteiger partial charge on any atom is -0.440 e. The van der Waals surface area contributed by atoms with E-state index in [0.29, 0.717) is 0 Å². The number of rotatable bonds is 6. The molecule has 0 N–H and O–H groups in total. The third-order valence-electron chi connectivity index (χ3n) is 14.9. The van der Waals surface area contributed by atoms with Crippen molar-refractivity contribution in [1.29, 1.82) is 0 Å². The van der Waals surface area contributed by atoms with Crippen molar-refractivity contribution in [1.82, 2.24) is 0 Å². The highest BCUT2D eigenvalue weighted by molar-refractivity contribution is 7.01. The Balaban J connectivity index is 1.32. The van der Waals surface area contributed by atoms with Crippen molar-refractivity contribution in [3.05, 3.63) is 204 Å². The van der Waals surface area contributed by atoms with E-state index in [1.165, 1.54) is 55.5 Å². The first-order chi connectivity index (χ1) is 33.8. The summed E-state index contributed by atoms with van der Waals surface area (Å²) in [7, 11) is 0. The molecule has 0 radical (unpaired) electrons. The number of fused-ring (bicyclic) bond motifs is 6. The first-order valence-corrected chi connectivity index (χ1v) is 25.5. The summed E-state index contributed by atoms with van der Waals surface area (Å²) in [5.41, 5.74) is 20.7. The number of para-hydroxylation sites is 2. The van der Waals surface area contributed by atoms with Crippen LogP contribution in [0.2, 0.25) is 0 Å². The molecule has 0 saturated heterocycles. The van der Waals surface area contributed by atoms with Gasteiger partial charge in [0.15, 0.2) is 0 Å². The molecule has 0 aliphatic carbocycles. The molecule has 71 heavy (non-hydrogen) atoms. The van der Waals surface area contributed by atoms with Crippen LogP contribution in [-0.2, 0) is 21.7 Å². The molecule has 0 amide bonds. The van der Waals surface area contributed by atoms with Gasteiger partial charge in [-0.25, -0.2) is 0 Å². The Morgan fingerprint density at radius 3 is 1.44 bits per heavy atom. The first-order valence-electron chi connectivity index (χ1n) is 25.5. The third-order valence-corrected chi connectivity index (χ3v) is 14.9. The molecule has 2 aliphatic heterocycles. The van der Waals surface area contributed by atoms with Crippen LogP contribution in [0.3, 0.4) is 0 Å². The van der Waals surface area contributed by atoms with Gasteiger partial charge in [0.25, 0.3) is 6.71 Å². The summed E-state index contributed by atoms with van der Waals surface area (Å²) < 4.78 is 7.39. The van der Waals surface area contributed by atoms with Gasteiger partial charge in [0.05, 0.1) is 11.4 Å². The minimum absolute atomic E-state index is 0.0156. The van der Waals surface area contributed by atoms with Crippen molar-refractivity contribution in [2.75, 3.05) is 14.7 Å². The molecular weight excluding hydrogens is 862 g/mol. The van der Waals surface area contributed by atoms with Gasteiger partial charge < -0.3 is 14.2 Å². The largest absolute Gasteiger partial charge is 0.440 e. The fourth-order valence-corrected chi connectivity index (χ4v) is 10.8.